The lowest BCUT2D eigenvalue weighted by Crippen LogP contribution is -2.47. The van der Waals surface area contributed by atoms with E-state index >= 15 is 0 Å². The molecule has 4 N–H and O–H groups in total. The Balaban J connectivity index is 0.00000784. The molecule has 0 aliphatic heterocycles. The summed E-state index contributed by atoms with van der Waals surface area (Å²) in [4.78, 5) is 37.4. The lowest BCUT2D eigenvalue weighted by Gasteiger charge is -2.21. The molecule has 1 aromatic rings. The van der Waals surface area contributed by atoms with Gasteiger partial charge < -0.3 is 26.0 Å². The lowest BCUT2D eigenvalue weighted by molar-refractivity contribution is -0.130. The fourth-order valence-corrected chi connectivity index (χ4v) is 2.40. The van der Waals surface area contributed by atoms with Crippen molar-refractivity contribution in [1.82, 2.24) is 15.5 Å². The third-order valence-electron chi connectivity index (χ3n) is 4.33. The van der Waals surface area contributed by atoms with Gasteiger partial charge >= 0.3 is 0 Å². The SMILES string of the molecule is CCC(NC(=O)CNC(=O)[C@@H](N)C(C)C)c1ccccc1OCC(=O)N(C)C.Cl. The number of hydrogen-bond acceptors (Lipinski definition) is 5. The molecule has 1 rings (SSSR count). The number of para-hydroxylation sites is 1. The minimum atomic E-state index is -0.655. The van der Waals surface area contributed by atoms with Crippen molar-refractivity contribution >= 4 is 30.1 Å². The minimum absolute atomic E-state index is 0. The van der Waals surface area contributed by atoms with Crippen LogP contribution in [0.1, 0.15) is 38.8 Å². The summed E-state index contributed by atoms with van der Waals surface area (Å²) < 4.78 is 5.65. The molecule has 29 heavy (non-hydrogen) atoms. The van der Waals surface area contributed by atoms with Gasteiger partial charge in [-0.25, -0.2) is 0 Å². The third kappa shape index (κ3) is 8.70. The van der Waals surface area contributed by atoms with E-state index in [1.165, 1.54) is 4.90 Å². The Kier molecular flexibility index (Phi) is 12.0. The van der Waals surface area contributed by atoms with Gasteiger partial charge in [-0.05, 0) is 18.4 Å². The van der Waals surface area contributed by atoms with Crippen molar-refractivity contribution in [3.05, 3.63) is 29.8 Å². The van der Waals surface area contributed by atoms with Crippen LogP contribution in [0.5, 0.6) is 5.75 Å². The van der Waals surface area contributed by atoms with E-state index in [-0.39, 0.29) is 55.2 Å². The summed E-state index contributed by atoms with van der Waals surface area (Å²) in [5.41, 5.74) is 6.55. The van der Waals surface area contributed by atoms with E-state index in [1.807, 2.05) is 32.9 Å². The Bertz CT molecular complexity index is 682. The predicted octanol–water partition coefficient (Wildman–Crippen LogP) is 1.24. The Morgan fingerprint density at radius 3 is 2.34 bits per heavy atom. The molecule has 0 fully saturated rings. The van der Waals surface area contributed by atoms with Crippen molar-refractivity contribution in [1.29, 1.82) is 0 Å². The normalized spacial score (nSPS) is 12.4. The van der Waals surface area contributed by atoms with E-state index < -0.39 is 6.04 Å². The van der Waals surface area contributed by atoms with Crippen LogP contribution >= 0.6 is 12.4 Å². The van der Waals surface area contributed by atoms with Crippen LogP contribution in [0.15, 0.2) is 24.3 Å². The molecule has 164 valence electrons. The molecule has 0 bridgehead atoms. The molecule has 9 heteroatoms. The summed E-state index contributed by atoms with van der Waals surface area (Å²) in [5, 5.41) is 5.44. The molecule has 8 nitrogen and oxygen atoms in total. The number of hydrogen-bond donors (Lipinski definition) is 3. The molecule has 0 saturated carbocycles. The van der Waals surface area contributed by atoms with Gasteiger partial charge in [0.25, 0.3) is 5.91 Å². The van der Waals surface area contributed by atoms with E-state index in [1.54, 1.807) is 26.2 Å². The Hall–Kier alpha value is -2.32. The molecule has 0 aromatic heterocycles. The number of carbonyl (C=O) groups excluding carboxylic acids is 3. The fourth-order valence-electron chi connectivity index (χ4n) is 2.40. The summed E-state index contributed by atoms with van der Waals surface area (Å²) >= 11 is 0. The average Bonchev–Trinajstić information content (AvgIpc) is 2.67. The molecule has 0 heterocycles. The van der Waals surface area contributed by atoms with E-state index in [2.05, 4.69) is 10.6 Å². The van der Waals surface area contributed by atoms with Gasteiger partial charge in [0.15, 0.2) is 6.61 Å². The van der Waals surface area contributed by atoms with E-state index in [0.29, 0.717) is 12.2 Å². The van der Waals surface area contributed by atoms with Crippen molar-refractivity contribution in [2.45, 2.75) is 39.3 Å². The molecular weight excluding hydrogens is 396 g/mol. The lowest BCUT2D eigenvalue weighted by atomic mass is 10.0. The second-order valence-electron chi connectivity index (χ2n) is 7.13. The van der Waals surface area contributed by atoms with Crippen molar-refractivity contribution in [2.75, 3.05) is 27.2 Å². The van der Waals surface area contributed by atoms with Gasteiger partial charge in [0.2, 0.25) is 11.8 Å². The third-order valence-corrected chi connectivity index (χ3v) is 4.33. The molecule has 1 unspecified atom stereocenters. The van der Waals surface area contributed by atoms with Crippen molar-refractivity contribution < 1.29 is 19.1 Å². The number of carbonyl (C=O) groups is 3. The number of halogens is 1. The number of likely N-dealkylation sites (N-methyl/N-ethyl adjacent to an activating group) is 1. The maximum atomic E-state index is 12.3. The van der Waals surface area contributed by atoms with Crippen LogP contribution in [0.25, 0.3) is 0 Å². The van der Waals surface area contributed by atoms with Crippen LogP contribution in [-0.2, 0) is 14.4 Å². The van der Waals surface area contributed by atoms with E-state index in [4.69, 9.17) is 10.5 Å². The van der Waals surface area contributed by atoms with Gasteiger partial charge in [0.05, 0.1) is 18.6 Å². The van der Waals surface area contributed by atoms with Crippen LogP contribution in [0.3, 0.4) is 0 Å². The number of ether oxygens (including phenoxy) is 1. The molecule has 2 atom stereocenters. The van der Waals surface area contributed by atoms with Crippen LogP contribution < -0.4 is 21.1 Å². The highest BCUT2D eigenvalue weighted by atomic mass is 35.5. The largest absolute Gasteiger partial charge is 0.483 e. The predicted molar refractivity (Wildman–Crippen MR) is 115 cm³/mol. The van der Waals surface area contributed by atoms with Crippen molar-refractivity contribution in [2.24, 2.45) is 11.7 Å². The second-order valence-corrected chi connectivity index (χ2v) is 7.13. The van der Waals surface area contributed by atoms with Crippen LogP contribution in [0, 0.1) is 5.92 Å². The maximum absolute atomic E-state index is 12.3. The van der Waals surface area contributed by atoms with Gasteiger partial charge in [0.1, 0.15) is 5.75 Å². The topological polar surface area (TPSA) is 114 Å². The highest BCUT2D eigenvalue weighted by molar-refractivity contribution is 5.87. The van der Waals surface area contributed by atoms with E-state index in [0.717, 1.165) is 5.56 Å². The zero-order valence-electron chi connectivity index (χ0n) is 17.7. The Morgan fingerprint density at radius 1 is 1.17 bits per heavy atom. The number of nitrogens with one attached hydrogen (secondary N) is 2. The van der Waals surface area contributed by atoms with Gasteiger partial charge in [-0.3, -0.25) is 14.4 Å². The minimum Gasteiger partial charge on any atom is -0.483 e. The zero-order valence-corrected chi connectivity index (χ0v) is 18.5. The first kappa shape index (κ1) is 26.7. The number of nitrogens with two attached hydrogens (primary N) is 1. The molecule has 0 saturated heterocycles. The highest BCUT2D eigenvalue weighted by Gasteiger charge is 2.20. The first-order chi connectivity index (χ1) is 13.2. The molecule has 1 aromatic carbocycles. The summed E-state index contributed by atoms with van der Waals surface area (Å²) in [6.07, 6.45) is 0.618. The van der Waals surface area contributed by atoms with Crippen LogP contribution in [-0.4, -0.2) is 55.9 Å². The molecule has 0 radical (unpaired) electrons. The van der Waals surface area contributed by atoms with E-state index in [9.17, 15) is 14.4 Å². The Morgan fingerprint density at radius 2 is 1.79 bits per heavy atom. The van der Waals surface area contributed by atoms with Crippen LogP contribution in [0.4, 0.5) is 0 Å². The first-order valence-corrected chi connectivity index (χ1v) is 9.41. The number of nitrogens with zero attached hydrogens (tertiary/aromatic N) is 1. The number of rotatable bonds is 10. The summed E-state index contributed by atoms with van der Waals surface area (Å²) in [5.74, 6) is -0.313. The second kappa shape index (κ2) is 13.0. The number of amides is 3. The average molecular weight is 429 g/mol. The molecule has 3 amide bonds. The quantitative estimate of drug-likeness (QED) is 0.518. The fraction of sp³-hybridized carbons (Fsp3) is 0.550. The Labute approximate surface area is 178 Å². The van der Waals surface area contributed by atoms with Crippen molar-refractivity contribution in [3.63, 3.8) is 0 Å². The smallest absolute Gasteiger partial charge is 0.259 e. The summed E-state index contributed by atoms with van der Waals surface area (Å²) in [6, 6.07) is 6.29. The van der Waals surface area contributed by atoms with Gasteiger partial charge in [-0.1, -0.05) is 39.0 Å². The first-order valence-electron chi connectivity index (χ1n) is 9.41. The molecule has 0 aliphatic rings. The van der Waals surface area contributed by atoms with Gasteiger partial charge in [-0.2, -0.15) is 0 Å². The summed E-state index contributed by atoms with van der Waals surface area (Å²) in [6.45, 7) is 5.38. The maximum Gasteiger partial charge on any atom is 0.259 e. The highest BCUT2D eigenvalue weighted by Crippen LogP contribution is 2.27. The molecule has 0 aliphatic carbocycles. The molecular formula is C20H33ClN4O4. The monoisotopic (exact) mass is 428 g/mol. The van der Waals surface area contributed by atoms with Gasteiger partial charge in [-0.15, -0.1) is 12.4 Å². The molecule has 0 spiro atoms. The van der Waals surface area contributed by atoms with Crippen LogP contribution in [0.2, 0.25) is 0 Å². The standard InChI is InChI=1S/C20H32N4O4.ClH/c1-6-15(23-17(25)11-22-20(27)19(21)13(2)3)14-9-7-8-10-16(14)28-12-18(26)24(4)5;/h7-10,13,15,19H,6,11-12,21H2,1-5H3,(H,22,27)(H,23,25);1H/t15?,19-;/m0./s1. The number of benzene rings is 1. The van der Waals surface area contributed by atoms with Crippen molar-refractivity contribution in [3.8, 4) is 5.75 Å². The zero-order chi connectivity index (χ0) is 21.3. The summed E-state index contributed by atoms with van der Waals surface area (Å²) in [7, 11) is 3.32. The van der Waals surface area contributed by atoms with Gasteiger partial charge in [0, 0.05) is 19.7 Å².